The molecule has 1 heteroatoms. The minimum atomic E-state index is 0.851. The van der Waals surface area contributed by atoms with Crippen LogP contribution in [0.5, 0.6) is 0 Å². The molecular formula is C17H21N. The highest BCUT2D eigenvalue weighted by atomic mass is 14.6. The normalized spacial score (nSPS) is 11.3. The molecule has 0 fully saturated rings. The van der Waals surface area contributed by atoms with Gasteiger partial charge in [0.2, 0.25) is 0 Å². The van der Waals surface area contributed by atoms with Gasteiger partial charge in [0, 0.05) is 25.2 Å². The highest BCUT2D eigenvalue weighted by Crippen LogP contribution is 2.10. The van der Waals surface area contributed by atoms with E-state index in [4.69, 9.17) is 0 Å². The van der Waals surface area contributed by atoms with Crippen molar-refractivity contribution in [2.45, 2.75) is 39.5 Å². The number of aromatic nitrogens is 1. The molecule has 0 amide bonds. The molecule has 0 bridgehead atoms. The van der Waals surface area contributed by atoms with E-state index in [0.29, 0.717) is 0 Å². The lowest BCUT2D eigenvalue weighted by molar-refractivity contribution is 0.954. The molecule has 0 aliphatic rings. The van der Waals surface area contributed by atoms with Crippen LogP contribution in [-0.2, 0) is 6.42 Å². The maximum atomic E-state index is 4.03. The van der Waals surface area contributed by atoms with Crippen LogP contribution in [0.15, 0.2) is 48.3 Å². The largest absolute Gasteiger partial charge is 0.265 e. The summed E-state index contributed by atoms with van der Waals surface area (Å²) in [5.41, 5.74) is 2.69. The Morgan fingerprint density at radius 1 is 1.28 bits per heavy atom. The summed E-state index contributed by atoms with van der Waals surface area (Å²) in [7, 11) is 0. The molecule has 0 aromatic carbocycles. The summed E-state index contributed by atoms with van der Waals surface area (Å²) in [6.45, 7) is 4.13. The molecule has 18 heavy (non-hydrogen) atoms. The Morgan fingerprint density at radius 2 is 2.06 bits per heavy atom. The second kappa shape index (κ2) is 9.24. The maximum absolute atomic E-state index is 4.03. The molecule has 0 N–H and O–H groups in total. The average molecular weight is 239 g/mol. The summed E-state index contributed by atoms with van der Waals surface area (Å²) in [4.78, 5) is 4.03. The lowest BCUT2D eigenvalue weighted by Gasteiger charge is -2.02. The number of pyridine rings is 1. The van der Waals surface area contributed by atoms with E-state index in [2.05, 4.69) is 61.0 Å². The first-order valence-electron chi connectivity index (χ1n) is 6.53. The molecule has 0 aliphatic carbocycles. The molecule has 1 aromatic heterocycles. The minimum Gasteiger partial charge on any atom is -0.265 e. The van der Waals surface area contributed by atoms with Gasteiger partial charge in [-0.25, -0.2) is 0 Å². The van der Waals surface area contributed by atoms with Crippen LogP contribution in [-0.4, -0.2) is 4.98 Å². The fourth-order valence-corrected chi connectivity index (χ4v) is 1.68. The Morgan fingerprint density at radius 3 is 2.72 bits per heavy atom. The summed E-state index contributed by atoms with van der Waals surface area (Å²) in [6, 6.07) is 4.15. The first-order valence-corrected chi connectivity index (χ1v) is 6.53. The van der Waals surface area contributed by atoms with Crippen molar-refractivity contribution >= 4 is 0 Å². The van der Waals surface area contributed by atoms with Crippen LogP contribution in [0.3, 0.4) is 0 Å². The molecule has 94 valence electrons. The van der Waals surface area contributed by atoms with Gasteiger partial charge in [-0.3, -0.25) is 4.98 Å². The molecule has 0 atom stereocenters. The third kappa shape index (κ3) is 6.06. The summed E-state index contributed by atoms with van der Waals surface area (Å²) < 4.78 is 0. The molecule has 0 saturated carbocycles. The van der Waals surface area contributed by atoms with Gasteiger partial charge >= 0.3 is 0 Å². The van der Waals surface area contributed by atoms with Crippen molar-refractivity contribution in [1.82, 2.24) is 4.98 Å². The van der Waals surface area contributed by atoms with Crippen molar-refractivity contribution in [1.29, 1.82) is 0 Å². The fraction of sp³-hybridized carbons (Fsp3) is 0.353. The zero-order chi connectivity index (χ0) is 13.1. The number of allylic oxidation sites excluding steroid dienone is 4. The van der Waals surface area contributed by atoms with Gasteiger partial charge < -0.3 is 0 Å². The van der Waals surface area contributed by atoms with E-state index < -0.39 is 0 Å². The zero-order valence-electron chi connectivity index (χ0n) is 11.3. The van der Waals surface area contributed by atoms with E-state index in [9.17, 15) is 0 Å². The predicted octanol–water partition coefficient (Wildman–Crippen LogP) is 4.32. The van der Waals surface area contributed by atoms with Crippen LogP contribution in [0.4, 0.5) is 0 Å². The van der Waals surface area contributed by atoms with Gasteiger partial charge in [-0.05, 0) is 37.5 Å². The van der Waals surface area contributed by atoms with Crippen LogP contribution in [0.2, 0.25) is 0 Å². The highest BCUT2D eigenvalue weighted by molar-refractivity contribution is 5.23. The number of rotatable bonds is 5. The Labute approximate surface area is 111 Å². The molecule has 0 saturated heterocycles. The zero-order valence-corrected chi connectivity index (χ0v) is 11.3. The van der Waals surface area contributed by atoms with Crippen LogP contribution >= 0.6 is 0 Å². The van der Waals surface area contributed by atoms with Crippen molar-refractivity contribution < 1.29 is 0 Å². The molecule has 1 rings (SSSR count). The van der Waals surface area contributed by atoms with Gasteiger partial charge in [0.15, 0.2) is 0 Å². The van der Waals surface area contributed by atoms with Crippen molar-refractivity contribution in [3.63, 3.8) is 0 Å². The fourth-order valence-electron chi connectivity index (χ4n) is 1.68. The van der Waals surface area contributed by atoms with Crippen molar-refractivity contribution in [2.24, 2.45) is 0 Å². The van der Waals surface area contributed by atoms with E-state index in [1.807, 2.05) is 12.4 Å². The highest BCUT2D eigenvalue weighted by Gasteiger charge is 1.95. The second-order valence-electron chi connectivity index (χ2n) is 4.05. The standard InChI is InChI=1S/C17H21N/c1-3-5-6-7-9-16(8-4-2)10-11-17-12-14-18-15-13-17/h4,8-9,12-15H,3,7,10-11H2,1-2H3/b8-4-,16-9+. The number of nitrogens with zero attached hydrogens (tertiary/aromatic N) is 1. The molecule has 0 spiro atoms. The first-order chi connectivity index (χ1) is 8.86. The van der Waals surface area contributed by atoms with Crippen LogP contribution < -0.4 is 0 Å². The van der Waals surface area contributed by atoms with Crippen LogP contribution in [0.25, 0.3) is 0 Å². The Bertz CT molecular complexity index is 443. The van der Waals surface area contributed by atoms with Crippen molar-refractivity contribution in [3.8, 4) is 11.8 Å². The Balaban J connectivity index is 2.52. The molecular weight excluding hydrogens is 218 g/mol. The Kier molecular flexibility index (Phi) is 7.32. The third-order valence-electron chi connectivity index (χ3n) is 2.60. The van der Waals surface area contributed by atoms with Crippen LogP contribution in [0, 0.1) is 11.8 Å². The summed E-state index contributed by atoms with van der Waals surface area (Å²) in [5.74, 6) is 6.24. The molecule has 1 nitrogen and oxygen atoms in total. The van der Waals surface area contributed by atoms with Gasteiger partial charge in [-0.15, -0.1) is 5.92 Å². The van der Waals surface area contributed by atoms with E-state index in [-0.39, 0.29) is 0 Å². The molecule has 1 aromatic rings. The maximum Gasteiger partial charge on any atom is 0.0275 e. The smallest absolute Gasteiger partial charge is 0.0275 e. The lowest BCUT2D eigenvalue weighted by atomic mass is 10.0. The summed E-state index contributed by atoms with van der Waals surface area (Å²) in [5, 5.41) is 0. The summed E-state index contributed by atoms with van der Waals surface area (Å²) in [6.07, 6.45) is 14.1. The summed E-state index contributed by atoms with van der Waals surface area (Å²) >= 11 is 0. The number of hydrogen-bond donors (Lipinski definition) is 0. The molecule has 1 heterocycles. The van der Waals surface area contributed by atoms with Gasteiger partial charge in [-0.2, -0.15) is 0 Å². The lowest BCUT2D eigenvalue weighted by Crippen LogP contribution is -1.88. The quantitative estimate of drug-likeness (QED) is 0.551. The predicted molar refractivity (Wildman–Crippen MR) is 78.1 cm³/mol. The van der Waals surface area contributed by atoms with Crippen molar-refractivity contribution in [3.05, 3.63) is 53.9 Å². The number of hydrogen-bond acceptors (Lipinski definition) is 1. The van der Waals surface area contributed by atoms with Gasteiger partial charge in [0.25, 0.3) is 0 Å². The van der Waals surface area contributed by atoms with Gasteiger partial charge in [0.1, 0.15) is 0 Å². The Hall–Kier alpha value is -1.81. The first kappa shape index (κ1) is 14.3. The van der Waals surface area contributed by atoms with Crippen molar-refractivity contribution in [2.75, 3.05) is 0 Å². The van der Waals surface area contributed by atoms with E-state index in [0.717, 1.165) is 25.7 Å². The van der Waals surface area contributed by atoms with E-state index in [1.165, 1.54) is 11.1 Å². The van der Waals surface area contributed by atoms with Gasteiger partial charge in [-0.1, -0.05) is 36.6 Å². The van der Waals surface area contributed by atoms with Crippen LogP contribution in [0.1, 0.15) is 38.7 Å². The third-order valence-corrected chi connectivity index (χ3v) is 2.60. The topological polar surface area (TPSA) is 12.9 Å². The van der Waals surface area contributed by atoms with E-state index in [1.54, 1.807) is 0 Å². The molecule has 0 unspecified atom stereocenters. The molecule has 0 radical (unpaired) electrons. The second-order valence-corrected chi connectivity index (χ2v) is 4.05. The minimum absolute atomic E-state index is 0.851. The number of aryl methyl sites for hydroxylation is 1. The van der Waals surface area contributed by atoms with E-state index >= 15 is 0 Å². The monoisotopic (exact) mass is 239 g/mol. The molecule has 0 aliphatic heterocycles. The average Bonchev–Trinajstić information content (AvgIpc) is 2.42. The SMILES string of the molecule is C/C=C\C(=C/CC#CCC)CCc1ccncc1. The van der Waals surface area contributed by atoms with Gasteiger partial charge in [0.05, 0.1) is 0 Å².